The number of aromatic nitrogens is 1. The monoisotopic (exact) mass is 299 g/mol. The van der Waals surface area contributed by atoms with Crippen molar-refractivity contribution in [3.8, 4) is 0 Å². The molecule has 1 aromatic heterocycles. The molecule has 2 heterocycles. The maximum absolute atomic E-state index is 11.0. The Labute approximate surface area is 123 Å². The van der Waals surface area contributed by atoms with Crippen LogP contribution in [-0.2, 0) is 25.6 Å². The molecule has 0 N–H and O–H groups in total. The summed E-state index contributed by atoms with van der Waals surface area (Å²) in [6.45, 7) is 0.992. The molecule has 0 bridgehead atoms. The third-order valence-corrected chi connectivity index (χ3v) is 3.60. The highest BCUT2D eigenvalue weighted by Gasteiger charge is 2.20. The van der Waals surface area contributed by atoms with Gasteiger partial charge >= 0.3 is 0 Å². The average Bonchev–Trinajstić information content (AvgIpc) is 2.49. The number of hydrogen-bond acceptors (Lipinski definition) is 5. The van der Waals surface area contributed by atoms with E-state index < -0.39 is 6.10 Å². The van der Waals surface area contributed by atoms with Crippen LogP contribution in [-0.4, -0.2) is 31.3 Å². The minimum atomic E-state index is -0.688. The van der Waals surface area contributed by atoms with Gasteiger partial charge in [0.15, 0.2) is 12.6 Å². The number of carbonyl (C=O) groups is 1. The van der Waals surface area contributed by atoms with Gasteiger partial charge in [-0.1, -0.05) is 11.6 Å². The van der Waals surface area contributed by atoms with Gasteiger partial charge in [-0.2, -0.15) is 0 Å². The molecule has 0 aromatic carbocycles. The first-order chi connectivity index (χ1) is 9.76. The fraction of sp³-hybridized carbons (Fsp3) is 0.571. The minimum absolute atomic E-state index is 0.210. The molecule has 0 spiro atoms. The van der Waals surface area contributed by atoms with Gasteiger partial charge in [-0.25, -0.2) is 0 Å². The Bertz CT molecular complexity index is 449. The number of halogens is 1. The normalized spacial score (nSPS) is 20.6. The lowest BCUT2D eigenvalue weighted by atomic mass is 10.1. The van der Waals surface area contributed by atoms with E-state index in [9.17, 15) is 4.79 Å². The van der Waals surface area contributed by atoms with Gasteiger partial charge in [0.2, 0.25) is 0 Å². The molecule has 0 amide bonds. The van der Waals surface area contributed by atoms with Crippen LogP contribution >= 0.6 is 11.6 Å². The molecule has 1 aromatic rings. The number of rotatable bonds is 6. The van der Waals surface area contributed by atoms with E-state index in [1.165, 1.54) is 13.3 Å². The summed E-state index contributed by atoms with van der Waals surface area (Å²) >= 11 is 6.15. The summed E-state index contributed by atoms with van der Waals surface area (Å²) in [4.78, 5) is 15.0. The van der Waals surface area contributed by atoms with Gasteiger partial charge in [-0.15, -0.1) is 0 Å². The summed E-state index contributed by atoms with van der Waals surface area (Å²) in [5.74, 6) is 0. The number of carbonyl (C=O) groups excluding carboxylic acids is 1. The van der Waals surface area contributed by atoms with Crippen molar-refractivity contribution < 1.29 is 19.0 Å². The van der Waals surface area contributed by atoms with Gasteiger partial charge in [0.25, 0.3) is 0 Å². The van der Waals surface area contributed by atoms with Gasteiger partial charge in [0, 0.05) is 37.2 Å². The minimum Gasteiger partial charge on any atom is -0.369 e. The third-order valence-electron chi connectivity index (χ3n) is 3.27. The van der Waals surface area contributed by atoms with Gasteiger partial charge in [0.05, 0.1) is 11.6 Å². The first-order valence-electron chi connectivity index (χ1n) is 6.59. The lowest BCUT2D eigenvalue weighted by Gasteiger charge is -2.24. The smallest absolute Gasteiger partial charge is 0.158 e. The molecule has 0 radical (unpaired) electrons. The lowest BCUT2D eigenvalue weighted by molar-refractivity contribution is -0.169. The highest BCUT2D eigenvalue weighted by Crippen LogP contribution is 2.27. The molecule has 0 aliphatic carbocycles. The highest BCUT2D eigenvalue weighted by atomic mass is 35.5. The van der Waals surface area contributed by atoms with Crippen molar-refractivity contribution in [1.29, 1.82) is 0 Å². The largest absolute Gasteiger partial charge is 0.369 e. The van der Waals surface area contributed by atoms with Crippen LogP contribution in [0, 0.1) is 0 Å². The molecule has 2 atom stereocenters. The van der Waals surface area contributed by atoms with E-state index in [1.54, 1.807) is 6.20 Å². The Morgan fingerprint density at radius 3 is 3.05 bits per heavy atom. The predicted molar refractivity (Wildman–Crippen MR) is 73.4 cm³/mol. The molecule has 20 heavy (non-hydrogen) atoms. The zero-order valence-electron chi connectivity index (χ0n) is 11.4. The predicted octanol–water partition coefficient (Wildman–Crippen LogP) is 2.66. The molecular weight excluding hydrogens is 282 g/mol. The van der Waals surface area contributed by atoms with E-state index in [-0.39, 0.29) is 12.9 Å². The average molecular weight is 300 g/mol. The van der Waals surface area contributed by atoms with Gasteiger partial charge < -0.3 is 19.0 Å². The second kappa shape index (κ2) is 7.69. The molecule has 1 aliphatic rings. The van der Waals surface area contributed by atoms with Crippen LogP contribution in [0.3, 0.4) is 0 Å². The number of methoxy groups -OCH3 is 1. The maximum Gasteiger partial charge on any atom is 0.158 e. The number of aldehydes is 1. The molecular formula is C14H18ClNO4. The first kappa shape index (κ1) is 15.4. The number of ether oxygens (including phenoxy) is 3. The van der Waals surface area contributed by atoms with Gasteiger partial charge in [-0.3, -0.25) is 4.98 Å². The van der Waals surface area contributed by atoms with Crippen LogP contribution in [0.15, 0.2) is 12.4 Å². The fourth-order valence-electron chi connectivity index (χ4n) is 2.15. The Kier molecular flexibility index (Phi) is 5.91. The van der Waals surface area contributed by atoms with Crippen LogP contribution in [0.2, 0.25) is 5.02 Å². The molecule has 1 aliphatic heterocycles. The standard InChI is InChI=1S/C14H18ClNO4/c1-18-13(8-17)10-6-16-7-12(15)11(10)9-20-14-4-2-3-5-19-14/h6-8,13-14H,2-5,9H2,1H3. The summed E-state index contributed by atoms with van der Waals surface area (Å²) in [7, 11) is 1.47. The van der Waals surface area contributed by atoms with Gasteiger partial charge in [0.1, 0.15) is 6.10 Å². The Hall–Kier alpha value is -1.01. The Morgan fingerprint density at radius 2 is 2.40 bits per heavy atom. The van der Waals surface area contributed by atoms with E-state index >= 15 is 0 Å². The van der Waals surface area contributed by atoms with Crippen molar-refractivity contribution in [1.82, 2.24) is 4.98 Å². The summed E-state index contributed by atoms with van der Waals surface area (Å²) in [5.41, 5.74) is 1.35. The second-order valence-electron chi connectivity index (χ2n) is 4.59. The number of nitrogens with zero attached hydrogens (tertiary/aromatic N) is 1. The highest BCUT2D eigenvalue weighted by molar-refractivity contribution is 6.31. The van der Waals surface area contributed by atoms with E-state index in [0.29, 0.717) is 16.9 Å². The van der Waals surface area contributed by atoms with Crippen LogP contribution < -0.4 is 0 Å². The van der Waals surface area contributed by atoms with Crippen molar-refractivity contribution in [3.63, 3.8) is 0 Å². The van der Waals surface area contributed by atoms with E-state index in [2.05, 4.69) is 4.98 Å². The summed E-state index contributed by atoms with van der Waals surface area (Å²) < 4.78 is 16.4. The number of hydrogen-bond donors (Lipinski definition) is 0. The molecule has 0 saturated carbocycles. The zero-order chi connectivity index (χ0) is 14.4. The molecule has 1 saturated heterocycles. The van der Waals surface area contributed by atoms with Crippen molar-refractivity contribution in [2.24, 2.45) is 0 Å². The van der Waals surface area contributed by atoms with E-state index in [4.69, 9.17) is 25.8 Å². The summed E-state index contributed by atoms with van der Waals surface area (Å²) in [5, 5.41) is 0.460. The van der Waals surface area contributed by atoms with Crippen molar-refractivity contribution in [2.75, 3.05) is 13.7 Å². The van der Waals surface area contributed by atoms with Crippen LogP contribution in [0.25, 0.3) is 0 Å². The van der Waals surface area contributed by atoms with E-state index in [0.717, 1.165) is 31.4 Å². The molecule has 5 nitrogen and oxygen atoms in total. The third kappa shape index (κ3) is 3.76. The number of pyridine rings is 1. The van der Waals surface area contributed by atoms with Crippen molar-refractivity contribution >= 4 is 17.9 Å². The Balaban J connectivity index is 2.10. The molecule has 110 valence electrons. The summed E-state index contributed by atoms with van der Waals surface area (Å²) in [6, 6.07) is 0. The van der Waals surface area contributed by atoms with Crippen LogP contribution in [0.4, 0.5) is 0 Å². The van der Waals surface area contributed by atoms with Crippen LogP contribution in [0.5, 0.6) is 0 Å². The van der Waals surface area contributed by atoms with Crippen molar-refractivity contribution in [2.45, 2.75) is 38.3 Å². The molecule has 2 unspecified atom stereocenters. The molecule has 6 heteroatoms. The van der Waals surface area contributed by atoms with Gasteiger partial charge in [-0.05, 0) is 19.3 Å². The zero-order valence-corrected chi connectivity index (χ0v) is 12.1. The molecule has 1 fully saturated rings. The topological polar surface area (TPSA) is 57.7 Å². The fourth-order valence-corrected chi connectivity index (χ4v) is 2.37. The SMILES string of the molecule is COC(C=O)c1cncc(Cl)c1COC1CCCCO1. The van der Waals surface area contributed by atoms with Crippen LogP contribution in [0.1, 0.15) is 36.5 Å². The van der Waals surface area contributed by atoms with E-state index in [1.807, 2.05) is 0 Å². The molecule has 2 rings (SSSR count). The summed E-state index contributed by atoms with van der Waals surface area (Å²) in [6.07, 6.45) is 5.96. The quantitative estimate of drug-likeness (QED) is 0.756. The Morgan fingerprint density at radius 1 is 1.55 bits per heavy atom. The first-order valence-corrected chi connectivity index (χ1v) is 6.97. The second-order valence-corrected chi connectivity index (χ2v) is 5.00. The van der Waals surface area contributed by atoms with Crippen molar-refractivity contribution in [3.05, 3.63) is 28.5 Å². The lowest BCUT2D eigenvalue weighted by Crippen LogP contribution is -2.22. The maximum atomic E-state index is 11.0.